The van der Waals surface area contributed by atoms with Crippen LogP contribution in [0.25, 0.3) is 0 Å². The number of carbonyl (C=O) groups is 4. The van der Waals surface area contributed by atoms with Crippen molar-refractivity contribution in [2.75, 3.05) is 20.3 Å². The first-order chi connectivity index (χ1) is 15.1. The van der Waals surface area contributed by atoms with E-state index in [1.807, 2.05) is 13.8 Å². The van der Waals surface area contributed by atoms with Gasteiger partial charge >= 0.3 is 11.8 Å². The molecule has 0 aromatic rings. The predicted molar refractivity (Wildman–Crippen MR) is 120 cm³/mol. The number of amides is 3. The van der Waals surface area contributed by atoms with E-state index in [0.29, 0.717) is 25.9 Å². The Morgan fingerprint density at radius 2 is 1.84 bits per heavy atom. The van der Waals surface area contributed by atoms with Gasteiger partial charge in [-0.25, -0.2) is 0 Å². The highest BCUT2D eigenvalue weighted by molar-refractivity contribution is 6.35. The van der Waals surface area contributed by atoms with E-state index in [-0.39, 0.29) is 17.6 Å². The largest absolute Gasteiger partial charge is 0.389 e. The number of nitrogens with one attached hydrogen (secondary N) is 4. The Bertz CT molecular complexity index is 732. The first-order valence-corrected chi connectivity index (χ1v) is 11.5. The highest BCUT2D eigenvalue weighted by atomic mass is 16.5. The van der Waals surface area contributed by atoms with Crippen LogP contribution < -0.4 is 21.3 Å². The fraction of sp³-hybridized carbons (Fsp3) is 0.739. The second kappa shape index (κ2) is 11.4. The smallest absolute Gasteiger partial charge is 0.309 e. The normalized spacial score (nSPS) is 20.8. The maximum Gasteiger partial charge on any atom is 0.309 e. The predicted octanol–water partition coefficient (Wildman–Crippen LogP) is 0.790. The molecule has 9 heteroatoms. The molecule has 0 aromatic heterocycles. The number of allylic oxidation sites excluding steroid dienone is 1. The summed E-state index contributed by atoms with van der Waals surface area (Å²) in [5.74, 6) is -1.97. The molecule has 2 fully saturated rings. The average molecular weight is 451 g/mol. The van der Waals surface area contributed by atoms with Gasteiger partial charge in [-0.3, -0.25) is 19.2 Å². The summed E-state index contributed by atoms with van der Waals surface area (Å²) in [5, 5.41) is 11.3. The van der Waals surface area contributed by atoms with Gasteiger partial charge < -0.3 is 26.0 Å². The maximum absolute atomic E-state index is 13.1. The summed E-state index contributed by atoms with van der Waals surface area (Å²) in [5.41, 5.74) is 0.386. The minimum atomic E-state index is -0.914. The highest BCUT2D eigenvalue weighted by Gasteiger charge is 2.45. The molecule has 32 heavy (non-hydrogen) atoms. The lowest BCUT2D eigenvalue weighted by Crippen LogP contribution is -2.56. The first-order valence-electron chi connectivity index (χ1n) is 11.5. The van der Waals surface area contributed by atoms with Gasteiger partial charge in [-0.15, -0.1) is 0 Å². The molecule has 1 aliphatic carbocycles. The molecule has 1 heterocycles. The van der Waals surface area contributed by atoms with Crippen LogP contribution in [0.3, 0.4) is 0 Å². The lowest BCUT2D eigenvalue weighted by molar-refractivity contribution is -0.141. The number of ketones is 1. The Kier molecular flexibility index (Phi) is 9.24. The van der Waals surface area contributed by atoms with Gasteiger partial charge in [0.25, 0.3) is 0 Å². The van der Waals surface area contributed by atoms with Crippen molar-refractivity contribution in [3.05, 3.63) is 12.3 Å². The van der Waals surface area contributed by atoms with Crippen LogP contribution in [-0.4, -0.2) is 61.4 Å². The van der Waals surface area contributed by atoms with Crippen molar-refractivity contribution < 1.29 is 23.9 Å². The van der Waals surface area contributed by atoms with E-state index in [1.54, 1.807) is 14.0 Å². The van der Waals surface area contributed by atoms with Crippen molar-refractivity contribution in [2.24, 2.45) is 11.8 Å². The summed E-state index contributed by atoms with van der Waals surface area (Å²) in [6, 6.07) is -1.58. The zero-order chi connectivity index (χ0) is 23.9. The minimum Gasteiger partial charge on any atom is -0.389 e. The summed E-state index contributed by atoms with van der Waals surface area (Å²) < 4.78 is 5.11. The van der Waals surface area contributed by atoms with Crippen LogP contribution >= 0.6 is 0 Å². The van der Waals surface area contributed by atoms with E-state index in [9.17, 15) is 19.2 Å². The van der Waals surface area contributed by atoms with E-state index in [4.69, 9.17) is 4.74 Å². The molecule has 4 N–H and O–H groups in total. The van der Waals surface area contributed by atoms with Crippen LogP contribution in [-0.2, 0) is 23.9 Å². The van der Waals surface area contributed by atoms with Gasteiger partial charge in [0, 0.05) is 31.7 Å². The molecule has 180 valence electrons. The van der Waals surface area contributed by atoms with Crippen LogP contribution in [0.15, 0.2) is 12.3 Å². The van der Waals surface area contributed by atoms with Gasteiger partial charge in [0.2, 0.25) is 5.91 Å². The number of hydrogen-bond acceptors (Lipinski definition) is 6. The van der Waals surface area contributed by atoms with Gasteiger partial charge in [-0.1, -0.05) is 27.4 Å². The van der Waals surface area contributed by atoms with Gasteiger partial charge in [-0.05, 0) is 38.0 Å². The van der Waals surface area contributed by atoms with E-state index in [0.717, 1.165) is 31.5 Å². The number of ether oxygens (including phenoxy) is 1. The zero-order valence-electron chi connectivity index (χ0n) is 19.7. The van der Waals surface area contributed by atoms with E-state index in [2.05, 4.69) is 27.8 Å². The van der Waals surface area contributed by atoms with Crippen LogP contribution in [0, 0.1) is 11.8 Å². The monoisotopic (exact) mass is 450 g/mol. The van der Waals surface area contributed by atoms with Gasteiger partial charge in [0.15, 0.2) is 5.78 Å². The van der Waals surface area contributed by atoms with Crippen LogP contribution in [0.4, 0.5) is 0 Å². The molecule has 0 aromatic carbocycles. The molecule has 0 radical (unpaired) electrons. The second-order valence-corrected chi connectivity index (χ2v) is 9.38. The van der Waals surface area contributed by atoms with Crippen molar-refractivity contribution in [1.82, 2.24) is 21.3 Å². The van der Waals surface area contributed by atoms with Crippen molar-refractivity contribution >= 4 is 23.5 Å². The number of hydrogen-bond donors (Lipinski definition) is 4. The molecule has 3 amide bonds. The van der Waals surface area contributed by atoms with E-state index in [1.165, 1.54) is 0 Å². The lowest BCUT2D eigenvalue weighted by Gasteiger charge is -2.25. The zero-order valence-corrected chi connectivity index (χ0v) is 19.7. The Morgan fingerprint density at radius 1 is 1.16 bits per heavy atom. The molecule has 1 saturated carbocycles. The molecule has 0 spiro atoms. The number of carbonyl (C=O) groups excluding carboxylic acids is 4. The van der Waals surface area contributed by atoms with Crippen molar-refractivity contribution in [3.63, 3.8) is 0 Å². The van der Waals surface area contributed by atoms with Gasteiger partial charge in [0.1, 0.15) is 6.04 Å². The lowest BCUT2D eigenvalue weighted by atomic mass is 9.93. The van der Waals surface area contributed by atoms with Crippen molar-refractivity contribution in [3.8, 4) is 0 Å². The van der Waals surface area contributed by atoms with Gasteiger partial charge in [0.05, 0.1) is 18.2 Å². The molecule has 9 nitrogen and oxygen atoms in total. The molecular formula is C23H38N4O5. The molecular weight excluding hydrogens is 412 g/mol. The average Bonchev–Trinajstić information content (AvgIpc) is 3.37. The molecule has 1 saturated heterocycles. The Balaban J connectivity index is 2.02. The second-order valence-electron chi connectivity index (χ2n) is 9.38. The van der Waals surface area contributed by atoms with E-state index >= 15 is 0 Å². The molecule has 0 unspecified atom stereocenters. The molecule has 0 bridgehead atoms. The number of rotatable bonds is 12. The minimum absolute atomic E-state index is 0.0688. The summed E-state index contributed by atoms with van der Waals surface area (Å²) in [7, 11) is 1.54. The summed E-state index contributed by atoms with van der Waals surface area (Å²) in [6.07, 6.45) is 3.46. The third kappa shape index (κ3) is 7.32. The fourth-order valence-corrected chi connectivity index (χ4v) is 4.02. The Morgan fingerprint density at radius 3 is 2.34 bits per heavy atom. The third-order valence-electron chi connectivity index (χ3n) is 6.10. The third-order valence-corrected chi connectivity index (χ3v) is 6.10. The summed E-state index contributed by atoms with van der Waals surface area (Å²) in [6.45, 7) is 10.7. The molecule has 2 rings (SSSR count). The maximum atomic E-state index is 13.1. The summed E-state index contributed by atoms with van der Waals surface area (Å²) in [4.78, 5) is 50.5. The van der Waals surface area contributed by atoms with Crippen molar-refractivity contribution in [2.45, 2.75) is 76.9 Å². The molecule has 3 atom stereocenters. The Hall–Kier alpha value is -2.42. The van der Waals surface area contributed by atoms with Crippen LogP contribution in [0.5, 0.6) is 0 Å². The fourth-order valence-electron chi connectivity index (χ4n) is 4.02. The van der Waals surface area contributed by atoms with Crippen molar-refractivity contribution in [1.29, 1.82) is 0 Å². The van der Waals surface area contributed by atoms with Crippen LogP contribution in [0.2, 0.25) is 0 Å². The molecule has 1 aliphatic heterocycles. The van der Waals surface area contributed by atoms with Crippen LogP contribution in [0.1, 0.15) is 59.3 Å². The topological polar surface area (TPSA) is 126 Å². The Labute approximate surface area is 190 Å². The number of Topliss-reactive ketones (excluding diaryl/α,β-unsaturated/α-hetero) is 1. The summed E-state index contributed by atoms with van der Waals surface area (Å²) >= 11 is 0. The molecule has 2 aliphatic rings. The first kappa shape index (κ1) is 25.8. The quantitative estimate of drug-likeness (QED) is 0.326. The highest BCUT2D eigenvalue weighted by Crippen LogP contribution is 2.35. The number of methoxy groups -OCH3 is 1. The standard InChI is InChI=1S/C23H38N4O5/c1-6-19(28)17(12-16-7-10-24-15(16)4)25-20(29)18(11-14(2)3)26-21(30)22(31)27-23(8-9-23)13-32-5/h14,16-18,24H,4,6-13H2,1-3,5H3,(H,25,29)(H,26,30)(H,27,31)/t16-,17-,18-/m0/s1. The van der Waals surface area contributed by atoms with Gasteiger partial charge in [-0.2, -0.15) is 0 Å². The SMILES string of the molecule is C=C1NCC[C@H]1C[C@H](NC(=O)[C@H](CC(C)C)NC(=O)C(=O)NC1(COC)CC1)C(=O)CC. The van der Waals surface area contributed by atoms with E-state index < -0.39 is 35.3 Å².